The Labute approximate surface area is 73.5 Å². The number of nitrogens with one attached hydrogen (secondary N) is 1. The maximum absolute atomic E-state index is 11.0. The highest BCUT2D eigenvalue weighted by molar-refractivity contribution is 5.76. The van der Waals surface area contributed by atoms with E-state index in [4.69, 9.17) is 4.74 Å². The molecule has 3 heteroatoms. The van der Waals surface area contributed by atoms with Crippen LogP contribution in [-0.4, -0.2) is 25.2 Å². The second kappa shape index (κ2) is 4.45. The van der Waals surface area contributed by atoms with Gasteiger partial charge in [0.05, 0.1) is 12.7 Å². The number of ether oxygens (including phenoxy) is 1. The monoisotopic (exact) mass is 171 g/mol. The Bertz CT molecular complexity index is 157. The molecule has 0 bridgehead atoms. The lowest BCUT2D eigenvalue weighted by atomic mass is 9.99. The van der Waals surface area contributed by atoms with Gasteiger partial charge in [-0.3, -0.25) is 4.79 Å². The van der Waals surface area contributed by atoms with E-state index < -0.39 is 0 Å². The maximum Gasteiger partial charge on any atom is 0.220 e. The summed E-state index contributed by atoms with van der Waals surface area (Å²) in [4.78, 5) is 11.0. The zero-order chi connectivity index (χ0) is 8.97. The smallest absolute Gasteiger partial charge is 0.220 e. The molecule has 0 unspecified atom stereocenters. The van der Waals surface area contributed by atoms with E-state index in [0.29, 0.717) is 12.3 Å². The molecule has 1 amide bonds. The molecule has 0 saturated carbocycles. The van der Waals surface area contributed by atoms with Crippen LogP contribution in [0.2, 0.25) is 0 Å². The molecule has 1 aliphatic rings. The summed E-state index contributed by atoms with van der Waals surface area (Å²) in [6.07, 6.45) is 1.96. The van der Waals surface area contributed by atoms with Crippen molar-refractivity contribution < 1.29 is 9.53 Å². The minimum absolute atomic E-state index is 0.165. The molecule has 0 radical (unpaired) electrons. The van der Waals surface area contributed by atoms with Gasteiger partial charge >= 0.3 is 0 Å². The van der Waals surface area contributed by atoms with E-state index in [1.165, 1.54) is 0 Å². The van der Waals surface area contributed by atoms with Crippen molar-refractivity contribution in [2.24, 2.45) is 5.92 Å². The average Bonchev–Trinajstić information content (AvgIpc) is 2.01. The zero-order valence-electron chi connectivity index (χ0n) is 7.80. The first kappa shape index (κ1) is 9.52. The van der Waals surface area contributed by atoms with Gasteiger partial charge in [0.2, 0.25) is 5.91 Å². The van der Waals surface area contributed by atoms with E-state index in [-0.39, 0.29) is 12.0 Å². The Balaban J connectivity index is 2.18. The molecule has 1 fully saturated rings. The van der Waals surface area contributed by atoms with Gasteiger partial charge in [-0.25, -0.2) is 0 Å². The molecule has 70 valence electrons. The second-order valence-corrected chi connectivity index (χ2v) is 3.59. The Morgan fingerprint density at radius 3 is 3.00 bits per heavy atom. The van der Waals surface area contributed by atoms with Crippen LogP contribution in [0.3, 0.4) is 0 Å². The normalized spacial score (nSPS) is 24.2. The zero-order valence-corrected chi connectivity index (χ0v) is 7.80. The van der Waals surface area contributed by atoms with Crippen LogP contribution in [0, 0.1) is 5.92 Å². The van der Waals surface area contributed by atoms with Crippen LogP contribution in [0.5, 0.6) is 0 Å². The summed E-state index contributed by atoms with van der Waals surface area (Å²) in [7, 11) is 0. The second-order valence-electron chi connectivity index (χ2n) is 3.59. The highest BCUT2D eigenvalue weighted by Gasteiger charge is 2.18. The van der Waals surface area contributed by atoms with Crippen molar-refractivity contribution in [3.63, 3.8) is 0 Å². The van der Waals surface area contributed by atoms with Gasteiger partial charge in [0, 0.05) is 13.0 Å². The number of piperidine rings is 1. The lowest BCUT2D eigenvalue weighted by Gasteiger charge is -2.22. The molecular formula is C9H17NO2. The highest BCUT2D eigenvalue weighted by Crippen LogP contribution is 2.13. The topological polar surface area (TPSA) is 38.3 Å². The maximum atomic E-state index is 11.0. The summed E-state index contributed by atoms with van der Waals surface area (Å²) in [6, 6.07) is 0. The fraction of sp³-hybridized carbons (Fsp3) is 0.889. The van der Waals surface area contributed by atoms with Crippen LogP contribution >= 0.6 is 0 Å². The third-order valence-electron chi connectivity index (χ3n) is 2.01. The molecule has 3 nitrogen and oxygen atoms in total. The predicted octanol–water partition coefficient (Wildman–Crippen LogP) is 0.938. The van der Waals surface area contributed by atoms with Crippen molar-refractivity contribution in [3.05, 3.63) is 0 Å². The molecule has 1 heterocycles. The SMILES string of the molecule is CC(C)OC[C@@H]1CCNC(=O)C1. The molecule has 1 saturated heterocycles. The number of rotatable bonds is 3. The van der Waals surface area contributed by atoms with Crippen LogP contribution in [0.1, 0.15) is 26.7 Å². The van der Waals surface area contributed by atoms with Crippen LogP contribution in [0.15, 0.2) is 0 Å². The molecule has 0 aromatic rings. The van der Waals surface area contributed by atoms with E-state index in [2.05, 4.69) is 5.32 Å². The summed E-state index contributed by atoms with van der Waals surface area (Å²) >= 11 is 0. The standard InChI is InChI=1S/C9H17NO2/c1-7(2)12-6-8-3-4-10-9(11)5-8/h7-8H,3-6H2,1-2H3,(H,10,11)/t8-/m1/s1. The van der Waals surface area contributed by atoms with Crippen molar-refractivity contribution in [3.8, 4) is 0 Å². The molecule has 12 heavy (non-hydrogen) atoms. The van der Waals surface area contributed by atoms with E-state index in [0.717, 1.165) is 19.6 Å². The molecule has 1 rings (SSSR count). The molecular weight excluding hydrogens is 154 g/mol. The van der Waals surface area contributed by atoms with Crippen molar-refractivity contribution in [2.75, 3.05) is 13.2 Å². The summed E-state index contributed by atoms with van der Waals surface area (Å²) in [6.45, 7) is 5.57. The summed E-state index contributed by atoms with van der Waals surface area (Å²) in [5.41, 5.74) is 0. The molecule has 0 spiro atoms. The van der Waals surface area contributed by atoms with Gasteiger partial charge in [-0.15, -0.1) is 0 Å². The van der Waals surface area contributed by atoms with E-state index >= 15 is 0 Å². The van der Waals surface area contributed by atoms with E-state index in [1.54, 1.807) is 0 Å². The lowest BCUT2D eigenvalue weighted by Crippen LogP contribution is -2.35. The van der Waals surface area contributed by atoms with Gasteiger partial charge in [0.15, 0.2) is 0 Å². The highest BCUT2D eigenvalue weighted by atomic mass is 16.5. The number of carbonyl (C=O) groups is 1. The van der Waals surface area contributed by atoms with E-state index in [9.17, 15) is 4.79 Å². The van der Waals surface area contributed by atoms with Crippen LogP contribution in [0.25, 0.3) is 0 Å². The lowest BCUT2D eigenvalue weighted by molar-refractivity contribution is -0.124. The first-order chi connectivity index (χ1) is 5.68. The first-order valence-corrected chi connectivity index (χ1v) is 4.57. The molecule has 1 aliphatic heterocycles. The molecule has 0 aliphatic carbocycles. The molecule has 0 aromatic heterocycles. The fourth-order valence-corrected chi connectivity index (χ4v) is 1.32. The number of amides is 1. The fourth-order valence-electron chi connectivity index (χ4n) is 1.32. The Hall–Kier alpha value is -0.570. The molecule has 1 N–H and O–H groups in total. The Kier molecular flexibility index (Phi) is 3.53. The summed E-state index contributed by atoms with van der Waals surface area (Å²) in [5, 5.41) is 2.81. The Morgan fingerprint density at radius 1 is 1.67 bits per heavy atom. The van der Waals surface area contributed by atoms with Crippen molar-refractivity contribution in [1.82, 2.24) is 5.32 Å². The van der Waals surface area contributed by atoms with Gasteiger partial charge < -0.3 is 10.1 Å². The van der Waals surface area contributed by atoms with Gasteiger partial charge in [0.1, 0.15) is 0 Å². The van der Waals surface area contributed by atoms with Crippen LogP contribution in [-0.2, 0) is 9.53 Å². The number of carbonyl (C=O) groups excluding carboxylic acids is 1. The van der Waals surface area contributed by atoms with Crippen molar-refractivity contribution >= 4 is 5.91 Å². The molecule has 0 aromatic carbocycles. The quantitative estimate of drug-likeness (QED) is 0.686. The first-order valence-electron chi connectivity index (χ1n) is 4.57. The van der Waals surface area contributed by atoms with Crippen molar-refractivity contribution in [1.29, 1.82) is 0 Å². The largest absolute Gasteiger partial charge is 0.378 e. The third kappa shape index (κ3) is 3.22. The molecule has 1 atom stereocenters. The number of hydrogen-bond acceptors (Lipinski definition) is 2. The van der Waals surface area contributed by atoms with Crippen LogP contribution in [0.4, 0.5) is 0 Å². The van der Waals surface area contributed by atoms with Gasteiger partial charge in [0.25, 0.3) is 0 Å². The minimum Gasteiger partial charge on any atom is -0.378 e. The van der Waals surface area contributed by atoms with Crippen LogP contribution < -0.4 is 5.32 Å². The minimum atomic E-state index is 0.165. The van der Waals surface area contributed by atoms with Gasteiger partial charge in [-0.1, -0.05) is 0 Å². The van der Waals surface area contributed by atoms with E-state index in [1.807, 2.05) is 13.8 Å². The predicted molar refractivity (Wildman–Crippen MR) is 46.8 cm³/mol. The van der Waals surface area contributed by atoms with Crippen molar-refractivity contribution in [2.45, 2.75) is 32.8 Å². The third-order valence-corrected chi connectivity index (χ3v) is 2.01. The van der Waals surface area contributed by atoms with Gasteiger partial charge in [-0.05, 0) is 26.2 Å². The Morgan fingerprint density at radius 2 is 2.42 bits per heavy atom. The summed E-state index contributed by atoms with van der Waals surface area (Å²) < 4.78 is 5.45. The summed E-state index contributed by atoms with van der Waals surface area (Å²) in [5.74, 6) is 0.597. The number of hydrogen-bond donors (Lipinski definition) is 1. The van der Waals surface area contributed by atoms with Gasteiger partial charge in [-0.2, -0.15) is 0 Å². The average molecular weight is 171 g/mol.